The van der Waals surface area contributed by atoms with Gasteiger partial charge in [-0.15, -0.1) is 5.10 Å². The molecule has 2 aliphatic carbocycles. The number of likely N-dealkylation sites (tertiary alicyclic amines) is 2. The summed E-state index contributed by atoms with van der Waals surface area (Å²) in [5.74, 6) is -1.13. The number of nitrogens with zero attached hydrogens (tertiary/aromatic N) is 7. The molecule has 2 saturated heterocycles. The molecular weight excluding hydrogens is 1170 g/mol. The average Bonchev–Trinajstić information content (AvgIpc) is 2.84. The molecule has 2 aliphatic heterocycles. The Balaban J connectivity index is 1.07. The lowest BCUT2D eigenvalue weighted by molar-refractivity contribution is -0.148. The predicted molar refractivity (Wildman–Crippen MR) is 342 cm³/mol. The summed E-state index contributed by atoms with van der Waals surface area (Å²) in [5.41, 5.74) is 2.86. The molecule has 24 heteroatoms. The molecule has 0 spiro atoms. The number of hydrogen-bond acceptors (Lipinski definition) is 16. The van der Waals surface area contributed by atoms with Gasteiger partial charge in [0, 0.05) is 70.6 Å². The summed E-state index contributed by atoms with van der Waals surface area (Å²) in [7, 11) is 4.38. The number of benzene rings is 1. The van der Waals surface area contributed by atoms with Crippen molar-refractivity contribution in [3.8, 4) is 5.75 Å². The van der Waals surface area contributed by atoms with Gasteiger partial charge in [-0.05, 0) is 113 Å². The quantitative estimate of drug-likeness (QED) is 0.0655. The zero-order chi connectivity index (χ0) is 63.7. The molecule has 4 fully saturated rings. The van der Waals surface area contributed by atoms with E-state index in [1.165, 1.54) is 64.9 Å². The van der Waals surface area contributed by atoms with Crippen LogP contribution in [-0.2, 0) is 67.9 Å². The van der Waals surface area contributed by atoms with Crippen LogP contribution in [0.5, 0.6) is 5.75 Å². The van der Waals surface area contributed by atoms with Gasteiger partial charge in [0.1, 0.15) is 17.8 Å². The molecule has 2 aromatic rings. The van der Waals surface area contributed by atoms with Crippen LogP contribution in [0.15, 0.2) is 24.3 Å². The Kier molecular flexibility index (Phi) is 28.0. The predicted octanol–water partition coefficient (Wildman–Crippen LogP) is 7.68. The number of hydrogen-bond donors (Lipinski definition) is 3. The van der Waals surface area contributed by atoms with Gasteiger partial charge >= 0.3 is 6.09 Å². The number of piperidine rings is 1. The van der Waals surface area contributed by atoms with E-state index in [1.807, 2.05) is 72.3 Å². The number of thioether (sulfide) groups is 2. The Bertz CT molecular complexity index is 2650. The SMILES string of the molecule is CC[C@H](C)[C@@H]([C@@H](CC(=O)N1CCC[C@H]1[C@H](OC)[C@@H](C)C(=O)N[C@@H](Cc1ccc(OC(=O)N2CCC(Cn3nnc(CSC4CCCCCCC4)c3CSC)CC2)cc1)C(=O)NS(=O)(=O)C1CC1)OC)N(C)C(=O)[C@@H](NC(=O)C(C(C)C)N(C)C)C(C)C. The van der Waals surface area contributed by atoms with Crippen molar-refractivity contribution in [3.63, 3.8) is 0 Å². The smallest absolute Gasteiger partial charge is 0.410 e. The van der Waals surface area contributed by atoms with E-state index in [1.54, 1.807) is 64.7 Å². The van der Waals surface area contributed by atoms with Crippen molar-refractivity contribution in [1.29, 1.82) is 0 Å². The van der Waals surface area contributed by atoms with E-state index < -0.39 is 81.5 Å². The fourth-order valence-electron chi connectivity index (χ4n) is 12.9. The second-order valence-electron chi connectivity index (χ2n) is 25.8. The molecule has 1 aromatic carbocycles. The Morgan fingerprint density at radius 2 is 1.43 bits per heavy atom. The highest BCUT2D eigenvalue weighted by atomic mass is 32.2. The number of rotatable bonds is 31. The van der Waals surface area contributed by atoms with Crippen molar-refractivity contribution in [2.75, 3.05) is 61.3 Å². The van der Waals surface area contributed by atoms with E-state index in [2.05, 4.69) is 36.6 Å². The van der Waals surface area contributed by atoms with Crippen LogP contribution < -0.4 is 20.1 Å². The lowest BCUT2D eigenvalue weighted by Crippen LogP contribution is -2.59. The standard InChI is InChI=1S/C63H104N10O11S3/c1-14-42(6)57(70(10)62(78)55(40(2)3)65-61(77)56(41(4)5)69(8)9)53(82-11)36-54(74)72-32-20-23-51(72)58(83-12)43(7)59(75)64-49(60(76)67-87(80,81)48-28-29-48)35-44-24-26-46(27-25-44)84-63(79)71-33-30-45(31-34-71)37-73-52(39-85-13)50(66-68-73)38-86-47-21-18-16-15-17-19-22-47/h24-27,40-43,45,47-49,51,53,55-58H,14-23,28-39H2,1-13H3,(H,64,75)(H,65,77)(H,67,76)/t42-,43+,49-,51-,53+,55-,56?,57-,58+/m0/s1. The van der Waals surface area contributed by atoms with E-state index in [0.29, 0.717) is 74.2 Å². The number of likely N-dealkylation sites (N-methyl/N-ethyl adjacent to an activating group) is 2. The van der Waals surface area contributed by atoms with Gasteiger partial charge in [0.2, 0.25) is 33.7 Å². The zero-order valence-corrected chi connectivity index (χ0v) is 56.7. The van der Waals surface area contributed by atoms with E-state index in [0.717, 1.165) is 36.6 Å². The highest BCUT2D eigenvalue weighted by Crippen LogP contribution is 2.33. The fraction of sp³-hybridized carbons (Fsp3) is 0.778. The minimum absolute atomic E-state index is 0.0000661. The molecule has 87 heavy (non-hydrogen) atoms. The third-order valence-electron chi connectivity index (χ3n) is 18.4. The van der Waals surface area contributed by atoms with Crippen LogP contribution >= 0.6 is 23.5 Å². The third-order valence-corrected chi connectivity index (χ3v) is 22.1. The molecule has 21 nitrogen and oxygen atoms in total. The number of sulfonamides is 1. The second kappa shape index (κ2) is 34.1. The van der Waals surface area contributed by atoms with Crippen molar-refractivity contribution < 1.29 is 51.4 Å². The van der Waals surface area contributed by atoms with Crippen LogP contribution in [0, 0.1) is 29.6 Å². The number of carbonyl (C=O) groups is 6. The maximum atomic E-state index is 14.6. The van der Waals surface area contributed by atoms with Crippen molar-refractivity contribution in [2.45, 2.75) is 222 Å². The van der Waals surface area contributed by atoms with Gasteiger partial charge in [-0.25, -0.2) is 17.9 Å². The fourth-order valence-corrected chi connectivity index (χ4v) is 16.2. The molecule has 0 bridgehead atoms. The number of methoxy groups -OCH3 is 2. The van der Waals surface area contributed by atoms with Crippen LogP contribution in [0.4, 0.5) is 4.79 Å². The van der Waals surface area contributed by atoms with E-state index in [4.69, 9.17) is 14.2 Å². The van der Waals surface area contributed by atoms with Crippen LogP contribution in [0.1, 0.15) is 162 Å². The Labute approximate surface area is 527 Å². The summed E-state index contributed by atoms with van der Waals surface area (Å²) in [6.07, 6.45) is 13.4. The number of carbonyl (C=O) groups excluding carboxylic acids is 6. The molecule has 2 saturated carbocycles. The maximum Gasteiger partial charge on any atom is 0.415 e. The zero-order valence-electron chi connectivity index (χ0n) is 54.3. The van der Waals surface area contributed by atoms with Crippen LogP contribution in [-0.4, -0.2) is 193 Å². The lowest BCUT2D eigenvalue weighted by atomic mass is 9.89. The summed E-state index contributed by atoms with van der Waals surface area (Å²) in [6, 6.07) is 2.90. The molecule has 3 heterocycles. The van der Waals surface area contributed by atoms with Crippen molar-refractivity contribution in [1.82, 2.24) is 49.9 Å². The highest BCUT2D eigenvalue weighted by molar-refractivity contribution is 7.99. The van der Waals surface area contributed by atoms with Gasteiger partial charge < -0.3 is 39.5 Å². The number of ether oxygens (including phenoxy) is 3. The minimum atomic E-state index is -3.99. The average molecular weight is 1270 g/mol. The van der Waals surface area contributed by atoms with E-state index >= 15 is 0 Å². The molecule has 1 unspecified atom stereocenters. The minimum Gasteiger partial charge on any atom is -0.410 e. The van der Waals surface area contributed by atoms with Crippen LogP contribution in [0.2, 0.25) is 0 Å². The highest BCUT2D eigenvalue weighted by Gasteiger charge is 2.45. The molecule has 0 radical (unpaired) electrons. The van der Waals surface area contributed by atoms with Crippen LogP contribution in [0.25, 0.3) is 0 Å². The third kappa shape index (κ3) is 20.0. The van der Waals surface area contributed by atoms with Crippen molar-refractivity contribution in [3.05, 3.63) is 41.2 Å². The number of amides is 6. The van der Waals surface area contributed by atoms with Crippen molar-refractivity contribution >= 4 is 69.2 Å². The van der Waals surface area contributed by atoms with Crippen LogP contribution in [0.3, 0.4) is 0 Å². The summed E-state index contributed by atoms with van der Waals surface area (Å²) < 4.78 is 48.5. The van der Waals surface area contributed by atoms with Gasteiger partial charge in [0.05, 0.1) is 59.3 Å². The largest absolute Gasteiger partial charge is 0.415 e. The molecule has 6 amide bonds. The number of aromatic nitrogens is 3. The van der Waals surface area contributed by atoms with Gasteiger partial charge in [-0.3, -0.25) is 33.6 Å². The van der Waals surface area contributed by atoms with E-state index in [9.17, 15) is 37.2 Å². The first kappa shape index (κ1) is 71.6. The Morgan fingerprint density at radius 3 is 2.00 bits per heavy atom. The summed E-state index contributed by atoms with van der Waals surface area (Å²) in [5, 5.41) is 15.1. The summed E-state index contributed by atoms with van der Waals surface area (Å²) >= 11 is 3.82. The molecule has 3 N–H and O–H groups in total. The first-order chi connectivity index (χ1) is 41.4. The molecule has 6 rings (SSSR count). The molecule has 490 valence electrons. The first-order valence-electron chi connectivity index (χ1n) is 31.9. The lowest BCUT2D eigenvalue weighted by Gasteiger charge is -2.41. The summed E-state index contributed by atoms with van der Waals surface area (Å²) in [6.45, 7) is 15.6. The Morgan fingerprint density at radius 1 is 0.770 bits per heavy atom. The maximum absolute atomic E-state index is 14.6. The van der Waals surface area contributed by atoms with Crippen molar-refractivity contribution in [2.24, 2.45) is 29.6 Å². The Hall–Kier alpha value is -4.49. The normalized spacial score (nSPS) is 20.2. The second-order valence-corrected chi connectivity index (χ2v) is 29.9. The van der Waals surface area contributed by atoms with Gasteiger partial charge in [0.25, 0.3) is 5.91 Å². The molecule has 9 atom stereocenters. The summed E-state index contributed by atoms with van der Waals surface area (Å²) in [4.78, 5) is 91.5. The molecular formula is C63H104N10O11S3. The van der Waals surface area contributed by atoms with Gasteiger partial charge in [-0.2, -0.15) is 23.5 Å². The molecule has 1 aromatic heterocycles. The van der Waals surface area contributed by atoms with Gasteiger partial charge in [0.15, 0.2) is 0 Å². The van der Waals surface area contributed by atoms with E-state index in [-0.39, 0.29) is 48.3 Å². The topological polar surface area (TPSA) is 244 Å². The van der Waals surface area contributed by atoms with Gasteiger partial charge in [-0.1, -0.05) is 104 Å². The number of nitrogens with one attached hydrogen (secondary N) is 3. The first-order valence-corrected chi connectivity index (χ1v) is 35.9. The monoisotopic (exact) mass is 1270 g/mol. The molecule has 4 aliphatic rings.